The molecule has 1 heterocycles. The van der Waals surface area contributed by atoms with Crippen molar-refractivity contribution in [3.8, 4) is 0 Å². The standard InChI is InChI=1S/C13H14N4O3/c1-8-3-4-9(2)16(8)15-11-6-5-10(13(14)18)7-12(11)17(19)20/h3-7,15H,1-2H3,(H2,14,18). The lowest BCUT2D eigenvalue weighted by Crippen LogP contribution is -2.15. The second-order valence-corrected chi connectivity index (χ2v) is 4.42. The molecule has 0 aliphatic rings. The normalized spacial score (nSPS) is 10.3. The van der Waals surface area contributed by atoms with Crippen LogP contribution in [0.2, 0.25) is 0 Å². The van der Waals surface area contributed by atoms with Crippen LogP contribution in [-0.4, -0.2) is 15.5 Å². The van der Waals surface area contributed by atoms with Gasteiger partial charge in [0.15, 0.2) is 0 Å². The summed E-state index contributed by atoms with van der Waals surface area (Å²) in [5.41, 5.74) is 10.1. The van der Waals surface area contributed by atoms with Crippen molar-refractivity contribution in [2.45, 2.75) is 13.8 Å². The summed E-state index contributed by atoms with van der Waals surface area (Å²) in [6, 6.07) is 7.87. The van der Waals surface area contributed by atoms with Crippen LogP contribution in [0.25, 0.3) is 0 Å². The van der Waals surface area contributed by atoms with E-state index < -0.39 is 10.8 Å². The van der Waals surface area contributed by atoms with Crippen LogP contribution in [0, 0.1) is 24.0 Å². The minimum atomic E-state index is -0.701. The van der Waals surface area contributed by atoms with E-state index in [0.29, 0.717) is 5.69 Å². The fourth-order valence-electron chi connectivity index (χ4n) is 1.90. The van der Waals surface area contributed by atoms with E-state index >= 15 is 0 Å². The van der Waals surface area contributed by atoms with Crippen molar-refractivity contribution in [3.63, 3.8) is 0 Å². The molecule has 2 aromatic rings. The molecule has 7 heteroatoms. The van der Waals surface area contributed by atoms with Crippen LogP contribution in [0.4, 0.5) is 11.4 Å². The Morgan fingerprint density at radius 1 is 1.25 bits per heavy atom. The highest BCUT2D eigenvalue weighted by Crippen LogP contribution is 2.26. The number of nitrogens with two attached hydrogens (primary N) is 1. The molecule has 1 aromatic heterocycles. The quantitative estimate of drug-likeness (QED) is 0.657. The number of anilines is 1. The minimum absolute atomic E-state index is 0.100. The van der Waals surface area contributed by atoms with Gasteiger partial charge in [0.2, 0.25) is 5.91 Å². The number of aryl methyl sites for hydroxylation is 2. The first kappa shape index (κ1) is 13.6. The van der Waals surface area contributed by atoms with Crippen molar-refractivity contribution in [3.05, 3.63) is 57.4 Å². The van der Waals surface area contributed by atoms with E-state index in [-0.39, 0.29) is 11.3 Å². The lowest BCUT2D eigenvalue weighted by atomic mass is 10.1. The molecule has 0 saturated heterocycles. The summed E-state index contributed by atoms with van der Waals surface area (Å²) in [6.07, 6.45) is 0. The van der Waals surface area contributed by atoms with E-state index in [9.17, 15) is 14.9 Å². The lowest BCUT2D eigenvalue weighted by molar-refractivity contribution is -0.384. The highest BCUT2D eigenvalue weighted by atomic mass is 16.6. The molecule has 7 nitrogen and oxygen atoms in total. The van der Waals surface area contributed by atoms with Crippen molar-refractivity contribution in [1.29, 1.82) is 0 Å². The number of hydrogen-bond acceptors (Lipinski definition) is 4. The Morgan fingerprint density at radius 2 is 1.85 bits per heavy atom. The van der Waals surface area contributed by atoms with E-state index in [4.69, 9.17) is 5.73 Å². The van der Waals surface area contributed by atoms with Gasteiger partial charge in [-0.05, 0) is 38.1 Å². The van der Waals surface area contributed by atoms with Gasteiger partial charge in [-0.2, -0.15) is 0 Å². The molecule has 1 aromatic carbocycles. The van der Waals surface area contributed by atoms with E-state index in [1.54, 1.807) is 4.68 Å². The molecule has 0 radical (unpaired) electrons. The van der Waals surface area contributed by atoms with Gasteiger partial charge < -0.3 is 5.73 Å². The largest absolute Gasteiger partial charge is 0.366 e. The van der Waals surface area contributed by atoms with Crippen molar-refractivity contribution in [1.82, 2.24) is 4.68 Å². The third-order valence-electron chi connectivity index (χ3n) is 2.98. The molecule has 0 fully saturated rings. The van der Waals surface area contributed by atoms with Gasteiger partial charge in [-0.3, -0.25) is 25.0 Å². The van der Waals surface area contributed by atoms with E-state index in [2.05, 4.69) is 5.43 Å². The van der Waals surface area contributed by atoms with Crippen molar-refractivity contribution in [2.24, 2.45) is 5.73 Å². The van der Waals surface area contributed by atoms with E-state index in [0.717, 1.165) is 11.4 Å². The zero-order valence-corrected chi connectivity index (χ0v) is 11.1. The third-order valence-corrected chi connectivity index (χ3v) is 2.98. The average Bonchev–Trinajstić information content (AvgIpc) is 2.70. The van der Waals surface area contributed by atoms with Gasteiger partial charge in [-0.25, -0.2) is 0 Å². The first-order valence-corrected chi connectivity index (χ1v) is 5.90. The van der Waals surface area contributed by atoms with Crippen LogP contribution in [0.5, 0.6) is 0 Å². The second kappa shape index (κ2) is 5.04. The molecule has 0 aliphatic heterocycles. The summed E-state index contributed by atoms with van der Waals surface area (Å²) in [4.78, 5) is 21.6. The van der Waals surface area contributed by atoms with Crippen LogP contribution in [0.1, 0.15) is 21.7 Å². The SMILES string of the molecule is Cc1ccc(C)n1Nc1ccc(C(N)=O)cc1[N+](=O)[O-]. The Morgan fingerprint density at radius 3 is 2.35 bits per heavy atom. The maximum absolute atomic E-state index is 11.1. The van der Waals surface area contributed by atoms with Crippen LogP contribution in [0.3, 0.4) is 0 Å². The van der Waals surface area contributed by atoms with Crippen LogP contribution in [0.15, 0.2) is 30.3 Å². The highest BCUT2D eigenvalue weighted by Gasteiger charge is 2.17. The summed E-state index contributed by atoms with van der Waals surface area (Å²) in [5, 5.41) is 11.1. The van der Waals surface area contributed by atoms with Crippen molar-refractivity contribution in [2.75, 3.05) is 5.43 Å². The number of nitrogens with one attached hydrogen (secondary N) is 1. The van der Waals surface area contributed by atoms with E-state index in [1.165, 1.54) is 18.2 Å². The number of amides is 1. The number of nitrogens with zero attached hydrogens (tertiary/aromatic N) is 2. The Bertz CT molecular complexity index is 671. The summed E-state index contributed by atoms with van der Waals surface area (Å²) in [5.74, 6) is -0.701. The maximum atomic E-state index is 11.1. The van der Waals surface area contributed by atoms with Gasteiger partial charge in [0.1, 0.15) is 5.69 Å². The van der Waals surface area contributed by atoms with Gasteiger partial charge in [-0.15, -0.1) is 0 Å². The molecule has 3 N–H and O–H groups in total. The van der Waals surface area contributed by atoms with Crippen LogP contribution < -0.4 is 11.2 Å². The summed E-state index contributed by atoms with van der Waals surface area (Å²) in [6.45, 7) is 3.76. The zero-order chi connectivity index (χ0) is 14.9. The molecule has 1 amide bonds. The molecule has 0 bridgehead atoms. The zero-order valence-electron chi connectivity index (χ0n) is 11.1. The highest BCUT2D eigenvalue weighted by molar-refractivity contribution is 5.94. The summed E-state index contributed by atoms with van der Waals surface area (Å²) in [7, 11) is 0. The minimum Gasteiger partial charge on any atom is -0.366 e. The number of benzene rings is 1. The molecule has 20 heavy (non-hydrogen) atoms. The molecule has 0 atom stereocenters. The summed E-state index contributed by atoms with van der Waals surface area (Å²) < 4.78 is 1.73. The molecule has 0 aliphatic carbocycles. The van der Waals surface area contributed by atoms with Crippen LogP contribution in [-0.2, 0) is 0 Å². The van der Waals surface area contributed by atoms with Crippen molar-refractivity contribution >= 4 is 17.3 Å². The van der Waals surface area contributed by atoms with Gasteiger partial charge >= 0.3 is 0 Å². The molecule has 0 saturated carbocycles. The topological polar surface area (TPSA) is 103 Å². The monoisotopic (exact) mass is 274 g/mol. The Kier molecular flexibility index (Phi) is 3.43. The second-order valence-electron chi connectivity index (χ2n) is 4.42. The predicted octanol–water partition coefficient (Wildman–Crippen LogP) is 1.99. The number of hydrogen-bond donors (Lipinski definition) is 2. The molecule has 2 rings (SSSR count). The first-order chi connectivity index (χ1) is 9.40. The number of aromatic nitrogens is 1. The smallest absolute Gasteiger partial charge is 0.294 e. The Balaban J connectivity index is 2.46. The van der Waals surface area contributed by atoms with Gasteiger partial charge in [0.05, 0.1) is 4.92 Å². The molecular formula is C13H14N4O3. The molecule has 0 spiro atoms. The third kappa shape index (κ3) is 2.46. The Labute approximate surface area is 115 Å². The molecular weight excluding hydrogens is 260 g/mol. The van der Waals surface area contributed by atoms with Gasteiger partial charge in [0, 0.05) is 23.0 Å². The van der Waals surface area contributed by atoms with Gasteiger partial charge in [-0.1, -0.05) is 0 Å². The number of nitro benzene ring substituents is 1. The predicted molar refractivity (Wildman–Crippen MR) is 74.5 cm³/mol. The number of rotatable bonds is 4. The van der Waals surface area contributed by atoms with E-state index in [1.807, 2.05) is 26.0 Å². The fourth-order valence-corrected chi connectivity index (χ4v) is 1.90. The Hall–Kier alpha value is -2.83. The number of carbonyl (C=O) groups is 1. The van der Waals surface area contributed by atoms with Gasteiger partial charge in [0.25, 0.3) is 5.69 Å². The number of primary amides is 1. The van der Waals surface area contributed by atoms with Crippen LogP contribution >= 0.6 is 0 Å². The lowest BCUT2D eigenvalue weighted by Gasteiger charge is -2.13. The summed E-state index contributed by atoms with van der Waals surface area (Å²) >= 11 is 0. The average molecular weight is 274 g/mol. The van der Waals surface area contributed by atoms with Crippen molar-refractivity contribution < 1.29 is 9.72 Å². The fraction of sp³-hybridized carbons (Fsp3) is 0.154. The number of carbonyl (C=O) groups excluding carboxylic acids is 1. The molecule has 0 unspecified atom stereocenters. The first-order valence-electron chi connectivity index (χ1n) is 5.90. The molecule has 104 valence electrons. The number of nitro groups is 1. The maximum Gasteiger partial charge on any atom is 0.294 e.